The van der Waals surface area contributed by atoms with Crippen molar-refractivity contribution in [3.8, 4) is 0 Å². The summed E-state index contributed by atoms with van der Waals surface area (Å²) in [4.78, 5) is 33.8. The molecular weight excluding hydrogens is 328 g/mol. The first kappa shape index (κ1) is 16.8. The number of aromatic amines is 1. The van der Waals surface area contributed by atoms with E-state index in [9.17, 15) is 9.59 Å². The molecule has 2 heterocycles. The lowest BCUT2D eigenvalue weighted by Gasteiger charge is -2.10. The molecule has 1 fully saturated rings. The highest BCUT2D eigenvalue weighted by Gasteiger charge is 2.23. The quantitative estimate of drug-likeness (QED) is 0.767. The predicted octanol–water partition coefficient (Wildman–Crippen LogP) is 3.00. The molecule has 0 spiro atoms. The molecule has 0 atom stereocenters. The van der Waals surface area contributed by atoms with E-state index in [-0.39, 0.29) is 11.2 Å². The molecule has 1 aromatic carbocycles. The molecule has 6 heteroatoms. The van der Waals surface area contributed by atoms with E-state index in [0.717, 1.165) is 30.7 Å². The summed E-state index contributed by atoms with van der Waals surface area (Å²) in [5.41, 5.74) is 1.42. The van der Waals surface area contributed by atoms with Gasteiger partial charge in [-0.15, -0.1) is 0 Å². The first-order chi connectivity index (χ1) is 12.7. The van der Waals surface area contributed by atoms with Gasteiger partial charge in [0.1, 0.15) is 11.3 Å². The topological polar surface area (TPSA) is 72.7 Å². The summed E-state index contributed by atoms with van der Waals surface area (Å²) in [5.74, 6) is 1.21. The number of hydrogen-bond acceptors (Lipinski definition) is 3. The SMILES string of the molecule is CCCn1c(=O)c2[nH]c(C3CCCC3)nc2n(Cc2ccccc2)c1=O. The van der Waals surface area contributed by atoms with Crippen LogP contribution >= 0.6 is 0 Å². The number of fused-ring (bicyclic) bond motifs is 1. The zero-order valence-electron chi connectivity index (χ0n) is 15.1. The lowest BCUT2D eigenvalue weighted by molar-refractivity contribution is 0.579. The summed E-state index contributed by atoms with van der Waals surface area (Å²) in [6.45, 7) is 2.80. The number of hydrogen-bond donors (Lipinski definition) is 1. The normalized spacial score (nSPS) is 15.1. The second-order valence-electron chi connectivity index (χ2n) is 7.11. The third-order valence-electron chi connectivity index (χ3n) is 5.25. The van der Waals surface area contributed by atoms with E-state index in [4.69, 9.17) is 4.98 Å². The number of nitrogens with one attached hydrogen (secondary N) is 1. The van der Waals surface area contributed by atoms with Gasteiger partial charge in [-0.3, -0.25) is 13.9 Å². The highest BCUT2D eigenvalue weighted by Crippen LogP contribution is 2.32. The van der Waals surface area contributed by atoms with Crippen molar-refractivity contribution >= 4 is 11.2 Å². The van der Waals surface area contributed by atoms with Gasteiger partial charge in [-0.1, -0.05) is 50.1 Å². The Morgan fingerprint density at radius 3 is 2.54 bits per heavy atom. The average molecular weight is 352 g/mol. The molecule has 1 saturated carbocycles. The monoisotopic (exact) mass is 352 g/mol. The first-order valence-electron chi connectivity index (χ1n) is 9.46. The van der Waals surface area contributed by atoms with Gasteiger partial charge >= 0.3 is 5.69 Å². The van der Waals surface area contributed by atoms with E-state index < -0.39 is 0 Å². The Hall–Kier alpha value is -2.63. The van der Waals surface area contributed by atoms with E-state index in [0.29, 0.717) is 30.2 Å². The Labute approximate surface area is 151 Å². The maximum Gasteiger partial charge on any atom is 0.333 e. The minimum atomic E-state index is -0.280. The zero-order valence-corrected chi connectivity index (χ0v) is 15.1. The number of H-pyrrole nitrogens is 1. The van der Waals surface area contributed by atoms with Gasteiger partial charge in [0.2, 0.25) is 0 Å². The van der Waals surface area contributed by atoms with Crippen LogP contribution in [0, 0.1) is 0 Å². The highest BCUT2D eigenvalue weighted by molar-refractivity contribution is 5.70. The van der Waals surface area contributed by atoms with Gasteiger partial charge in [0.15, 0.2) is 5.65 Å². The Morgan fingerprint density at radius 1 is 1.12 bits per heavy atom. The van der Waals surface area contributed by atoms with Crippen molar-refractivity contribution in [2.24, 2.45) is 0 Å². The standard InChI is InChI=1S/C20H24N4O2/c1-2-12-23-19(25)16-18(22-17(21-16)15-10-6-7-11-15)24(20(23)26)13-14-8-4-3-5-9-14/h3-5,8-9,15H,2,6-7,10-13H2,1H3,(H,21,22). The number of benzene rings is 1. The van der Waals surface area contributed by atoms with Crippen LogP contribution in [-0.4, -0.2) is 19.1 Å². The minimum Gasteiger partial charge on any atom is -0.336 e. The second-order valence-corrected chi connectivity index (χ2v) is 7.11. The third-order valence-corrected chi connectivity index (χ3v) is 5.25. The molecule has 0 aliphatic heterocycles. The van der Waals surface area contributed by atoms with E-state index in [1.807, 2.05) is 37.3 Å². The van der Waals surface area contributed by atoms with Crippen LogP contribution in [0.5, 0.6) is 0 Å². The van der Waals surface area contributed by atoms with Crippen molar-refractivity contribution in [3.05, 3.63) is 62.6 Å². The smallest absolute Gasteiger partial charge is 0.333 e. The molecule has 0 bridgehead atoms. The van der Waals surface area contributed by atoms with E-state index in [1.165, 1.54) is 17.4 Å². The van der Waals surface area contributed by atoms with Crippen LogP contribution in [0.15, 0.2) is 39.9 Å². The molecule has 6 nitrogen and oxygen atoms in total. The van der Waals surface area contributed by atoms with Gasteiger partial charge in [0.25, 0.3) is 5.56 Å². The van der Waals surface area contributed by atoms with Gasteiger partial charge in [-0.25, -0.2) is 9.78 Å². The first-order valence-corrected chi connectivity index (χ1v) is 9.46. The molecule has 2 aromatic heterocycles. The molecule has 4 rings (SSSR count). The molecule has 1 aliphatic carbocycles. The molecule has 0 radical (unpaired) electrons. The summed E-state index contributed by atoms with van der Waals surface area (Å²) >= 11 is 0. The molecule has 136 valence electrons. The number of nitrogens with zero attached hydrogens (tertiary/aromatic N) is 3. The fourth-order valence-electron chi connectivity index (χ4n) is 3.91. The molecule has 0 amide bonds. The maximum absolute atomic E-state index is 13.0. The van der Waals surface area contributed by atoms with E-state index in [1.54, 1.807) is 4.57 Å². The van der Waals surface area contributed by atoms with Gasteiger partial charge in [0.05, 0.1) is 6.54 Å². The lowest BCUT2D eigenvalue weighted by atomic mass is 10.1. The summed E-state index contributed by atoms with van der Waals surface area (Å²) < 4.78 is 2.97. The van der Waals surface area contributed by atoms with E-state index in [2.05, 4.69) is 4.98 Å². The van der Waals surface area contributed by atoms with Crippen LogP contribution < -0.4 is 11.2 Å². The molecular formula is C20H24N4O2. The van der Waals surface area contributed by atoms with Gasteiger partial charge in [-0.05, 0) is 24.8 Å². The Bertz CT molecular complexity index is 1020. The summed E-state index contributed by atoms with van der Waals surface area (Å²) in [7, 11) is 0. The fourth-order valence-corrected chi connectivity index (χ4v) is 3.91. The minimum absolute atomic E-state index is 0.257. The third kappa shape index (κ3) is 2.89. The molecule has 1 aliphatic rings. The molecule has 0 unspecified atom stereocenters. The van der Waals surface area contributed by atoms with Gasteiger partial charge in [-0.2, -0.15) is 0 Å². The molecule has 3 aromatic rings. The largest absolute Gasteiger partial charge is 0.336 e. The summed E-state index contributed by atoms with van der Waals surface area (Å²) in [5, 5.41) is 0. The van der Waals surface area contributed by atoms with Gasteiger partial charge < -0.3 is 4.98 Å². The molecule has 0 saturated heterocycles. The molecule has 26 heavy (non-hydrogen) atoms. The second kappa shape index (κ2) is 6.94. The number of aromatic nitrogens is 4. The van der Waals surface area contributed by atoms with Crippen LogP contribution in [0.2, 0.25) is 0 Å². The molecule has 1 N–H and O–H groups in total. The van der Waals surface area contributed by atoms with Crippen molar-refractivity contribution in [1.29, 1.82) is 0 Å². The van der Waals surface area contributed by atoms with Crippen LogP contribution in [0.1, 0.15) is 56.3 Å². The summed E-state index contributed by atoms with van der Waals surface area (Å²) in [6, 6.07) is 9.82. The van der Waals surface area contributed by atoms with Crippen molar-refractivity contribution in [3.63, 3.8) is 0 Å². The Morgan fingerprint density at radius 2 is 1.85 bits per heavy atom. The lowest BCUT2D eigenvalue weighted by Crippen LogP contribution is -2.40. The average Bonchev–Trinajstić information content (AvgIpc) is 3.32. The zero-order chi connectivity index (χ0) is 18.1. The highest BCUT2D eigenvalue weighted by atomic mass is 16.2. The van der Waals surface area contributed by atoms with Crippen molar-refractivity contribution in [1.82, 2.24) is 19.1 Å². The maximum atomic E-state index is 13.0. The fraction of sp³-hybridized carbons (Fsp3) is 0.450. The Kier molecular flexibility index (Phi) is 4.49. The van der Waals surface area contributed by atoms with Crippen molar-refractivity contribution in [2.45, 2.75) is 58.0 Å². The van der Waals surface area contributed by atoms with Crippen molar-refractivity contribution in [2.75, 3.05) is 0 Å². The van der Waals surface area contributed by atoms with Crippen molar-refractivity contribution < 1.29 is 0 Å². The van der Waals surface area contributed by atoms with Crippen LogP contribution in [0.25, 0.3) is 11.2 Å². The Balaban J connectivity index is 1.91. The van der Waals surface area contributed by atoms with Gasteiger partial charge in [0, 0.05) is 12.5 Å². The van der Waals surface area contributed by atoms with Crippen LogP contribution in [0.3, 0.4) is 0 Å². The van der Waals surface area contributed by atoms with Crippen LogP contribution in [0.4, 0.5) is 0 Å². The van der Waals surface area contributed by atoms with Crippen LogP contribution in [-0.2, 0) is 13.1 Å². The number of imidazole rings is 1. The van der Waals surface area contributed by atoms with E-state index >= 15 is 0 Å². The number of rotatable bonds is 5. The summed E-state index contributed by atoms with van der Waals surface area (Å²) in [6.07, 6.45) is 5.30. The predicted molar refractivity (Wildman–Crippen MR) is 102 cm³/mol.